The van der Waals surface area contributed by atoms with E-state index in [1.54, 1.807) is 7.05 Å². The maximum absolute atomic E-state index is 12.1. The van der Waals surface area contributed by atoms with Gasteiger partial charge in [-0.05, 0) is 37.2 Å². The molecule has 20 heavy (non-hydrogen) atoms. The van der Waals surface area contributed by atoms with Gasteiger partial charge in [0, 0.05) is 25.0 Å². The summed E-state index contributed by atoms with van der Waals surface area (Å²) >= 11 is 5.71. The molecule has 7 heteroatoms. The van der Waals surface area contributed by atoms with E-state index in [2.05, 4.69) is 0 Å². The summed E-state index contributed by atoms with van der Waals surface area (Å²) in [7, 11) is -1.81. The van der Waals surface area contributed by atoms with E-state index < -0.39 is 9.84 Å². The van der Waals surface area contributed by atoms with Crippen LogP contribution in [-0.2, 0) is 14.6 Å². The average molecular weight is 319 g/mol. The van der Waals surface area contributed by atoms with Crippen LogP contribution < -0.4 is 5.73 Å². The molecule has 1 amide bonds. The van der Waals surface area contributed by atoms with E-state index in [0.717, 1.165) is 0 Å². The average Bonchev–Trinajstić information content (AvgIpc) is 2.42. The SMILES string of the molecule is CN(CCCN)C(=O)CCS(=O)(=O)c1ccc(Cl)cc1. The molecule has 1 aromatic rings. The Morgan fingerprint density at radius 1 is 1.30 bits per heavy atom. The molecule has 0 fully saturated rings. The van der Waals surface area contributed by atoms with Crippen LogP contribution in [0, 0.1) is 0 Å². The highest BCUT2D eigenvalue weighted by atomic mass is 35.5. The van der Waals surface area contributed by atoms with E-state index in [-0.39, 0.29) is 23.0 Å². The summed E-state index contributed by atoms with van der Waals surface area (Å²) in [6.45, 7) is 1.04. The number of nitrogens with two attached hydrogens (primary N) is 1. The zero-order valence-electron chi connectivity index (χ0n) is 11.4. The first kappa shape index (κ1) is 16.9. The number of carbonyl (C=O) groups excluding carboxylic acids is 1. The second kappa shape index (κ2) is 7.61. The topological polar surface area (TPSA) is 80.5 Å². The Bertz CT molecular complexity index is 543. The lowest BCUT2D eigenvalue weighted by molar-refractivity contribution is -0.129. The number of benzene rings is 1. The van der Waals surface area contributed by atoms with E-state index in [1.807, 2.05) is 0 Å². The molecule has 0 bridgehead atoms. The number of amides is 1. The second-order valence-corrected chi connectivity index (χ2v) is 7.03. The lowest BCUT2D eigenvalue weighted by Gasteiger charge is -2.16. The van der Waals surface area contributed by atoms with Crippen LogP contribution in [0.25, 0.3) is 0 Å². The summed E-state index contributed by atoms with van der Waals surface area (Å²) in [5.74, 6) is -0.406. The number of hydrogen-bond donors (Lipinski definition) is 1. The van der Waals surface area contributed by atoms with Gasteiger partial charge in [0.25, 0.3) is 0 Å². The maximum Gasteiger partial charge on any atom is 0.223 e. The van der Waals surface area contributed by atoms with Gasteiger partial charge in [-0.15, -0.1) is 0 Å². The lowest BCUT2D eigenvalue weighted by atomic mass is 10.3. The molecule has 0 aromatic heterocycles. The maximum atomic E-state index is 12.1. The smallest absolute Gasteiger partial charge is 0.223 e. The first-order valence-corrected chi connectivity index (χ1v) is 8.32. The van der Waals surface area contributed by atoms with Crippen molar-refractivity contribution in [2.45, 2.75) is 17.7 Å². The van der Waals surface area contributed by atoms with Gasteiger partial charge >= 0.3 is 0 Å². The van der Waals surface area contributed by atoms with Crippen molar-refractivity contribution >= 4 is 27.3 Å². The number of halogens is 1. The number of nitrogens with zero attached hydrogens (tertiary/aromatic N) is 1. The first-order valence-electron chi connectivity index (χ1n) is 6.29. The molecular formula is C13H19ClN2O3S. The molecule has 0 unspecified atom stereocenters. The van der Waals surface area contributed by atoms with E-state index in [1.165, 1.54) is 29.2 Å². The van der Waals surface area contributed by atoms with Crippen LogP contribution in [0.4, 0.5) is 0 Å². The largest absolute Gasteiger partial charge is 0.346 e. The molecule has 112 valence electrons. The minimum absolute atomic E-state index is 0.0357. The van der Waals surface area contributed by atoms with Gasteiger partial charge in [-0.25, -0.2) is 8.42 Å². The number of carbonyl (C=O) groups is 1. The van der Waals surface area contributed by atoms with E-state index >= 15 is 0 Å². The molecule has 0 aliphatic heterocycles. The van der Waals surface area contributed by atoms with Crippen LogP contribution in [0.1, 0.15) is 12.8 Å². The number of rotatable bonds is 7. The highest BCUT2D eigenvalue weighted by Gasteiger charge is 2.18. The van der Waals surface area contributed by atoms with Gasteiger partial charge in [0.1, 0.15) is 0 Å². The van der Waals surface area contributed by atoms with Gasteiger partial charge in [0.2, 0.25) is 5.91 Å². The van der Waals surface area contributed by atoms with Crippen molar-refractivity contribution in [3.63, 3.8) is 0 Å². The molecule has 0 saturated heterocycles. The summed E-state index contributed by atoms with van der Waals surface area (Å²) in [5.41, 5.74) is 5.36. The molecule has 5 nitrogen and oxygen atoms in total. The predicted molar refractivity (Wildman–Crippen MR) is 79.4 cm³/mol. The van der Waals surface area contributed by atoms with Gasteiger partial charge in [-0.3, -0.25) is 4.79 Å². The summed E-state index contributed by atoms with van der Waals surface area (Å²) < 4.78 is 24.1. The van der Waals surface area contributed by atoms with Gasteiger partial charge < -0.3 is 10.6 Å². The molecule has 0 aliphatic rings. The Balaban J connectivity index is 2.59. The molecule has 0 spiro atoms. The highest BCUT2D eigenvalue weighted by molar-refractivity contribution is 7.91. The summed E-state index contributed by atoms with van der Waals surface area (Å²) in [4.78, 5) is 13.5. The highest BCUT2D eigenvalue weighted by Crippen LogP contribution is 2.16. The number of hydrogen-bond acceptors (Lipinski definition) is 4. The third-order valence-electron chi connectivity index (χ3n) is 2.88. The molecule has 2 N–H and O–H groups in total. The molecule has 0 aliphatic carbocycles. The summed E-state index contributed by atoms with van der Waals surface area (Å²) in [6.07, 6.45) is 0.665. The zero-order chi connectivity index (χ0) is 15.2. The predicted octanol–water partition coefficient (Wildman–Crippen LogP) is 1.31. The molecule has 0 radical (unpaired) electrons. The Morgan fingerprint density at radius 3 is 2.45 bits per heavy atom. The van der Waals surface area contributed by atoms with Crippen LogP contribution >= 0.6 is 11.6 Å². The van der Waals surface area contributed by atoms with Crippen LogP contribution in [0.3, 0.4) is 0 Å². The fourth-order valence-corrected chi connectivity index (χ4v) is 2.98. The van der Waals surface area contributed by atoms with Gasteiger partial charge in [-0.2, -0.15) is 0 Å². The Labute approximate surface area is 124 Å². The molecular weight excluding hydrogens is 300 g/mol. The van der Waals surface area contributed by atoms with Gasteiger partial charge in [0.05, 0.1) is 10.6 Å². The Kier molecular flexibility index (Phi) is 6.45. The van der Waals surface area contributed by atoms with Crippen molar-refractivity contribution in [3.05, 3.63) is 29.3 Å². The third-order valence-corrected chi connectivity index (χ3v) is 4.86. The first-order chi connectivity index (χ1) is 9.36. The van der Waals surface area contributed by atoms with Crippen molar-refractivity contribution in [3.8, 4) is 0 Å². The summed E-state index contributed by atoms with van der Waals surface area (Å²) in [5, 5.41) is 0.474. The second-order valence-electron chi connectivity index (χ2n) is 4.48. The van der Waals surface area contributed by atoms with E-state index in [4.69, 9.17) is 17.3 Å². The van der Waals surface area contributed by atoms with Crippen molar-refractivity contribution < 1.29 is 13.2 Å². The minimum Gasteiger partial charge on any atom is -0.346 e. The van der Waals surface area contributed by atoms with Crippen LogP contribution in [0.15, 0.2) is 29.2 Å². The Morgan fingerprint density at radius 2 is 1.90 bits per heavy atom. The molecule has 0 atom stereocenters. The van der Waals surface area contributed by atoms with Crippen molar-refractivity contribution in [2.75, 3.05) is 25.9 Å². The quantitative estimate of drug-likeness (QED) is 0.822. The van der Waals surface area contributed by atoms with Crippen molar-refractivity contribution in [1.82, 2.24) is 4.90 Å². The van der Waals surface area contributed by atoms with E-state index in [9.17, 15) is 13.2 Å². The monoisotopic (exact) mass is 318 g/mol. The Hall–Kier alpha value is -1.11. The van der Waals surface area contributed by atoms with Crippen LogP contribution in [0.5, 0.6) is 0 Å². The van der Waals surface area contributed by atoms with Crippen molar-refractivity contribution in [1.29, 1.82) is 0 Å². The summed E-state index contributed by atoms with van der Waals surface area (Å²) in [6, 6.07) is 5.92. The van der Waals surface area contributed by atoms with Crippen LogP contribution in [0.2, 0.25) is 5.02 Å². The fraction of sp³-hybridized carbons (Fsp3) is 0.462. The normalized spacial score (nSPS) is 11.3. The zero-order valence-corrected chi connectivity index (χ0v) is 13.0. The third kappa shape index (κ3) is 5.11. The lowest BCUT2D eigenvalue weighted by Crippen LogP contribution is -2.30. The van der Waals surface area contributed by atoms with Gasteiger partial charge in [0.15, 0.2) is 9.84 Å². The molecule has 1 aromatic carbocycles. The molecule has 0 saturated carbocycles. The molecule has 0 heterocycles. The standard InChI is InChI=1S/C13H19ClN2O3S/c1-16(9-2-8-15)13(17)7-10-20(18,19)12-5-3-11(14)4-6-12/h3-6H,2,7-10,15H2,1H3. The van der Waals surface area contributed by atoms with E-state index in [0.29, 0.717) is 24.5 Å². The van der Waals surface area contributed by atoms with Crippen molar-refractivity contribution in [2.24, 2.45) is 5.73 Å². The minimum atomic E-state index is -3.46. The molecule has 1 rings (SSSR count). The van der Waals surface area contributed by atoms with Gasteiger partial charge in [-0.1, -0.05) is 11.6 Å². The fourth-order valence-electron chi connectivity index (χ4n) is 1.63. The number of sulfone groups is 1. The van der Waals surface area contributed by atoms with Crippen LogP contribution in [-0.4, -0.2) is 45.1 Å².